The number of carbonyl (C=O) groups is 1. The Hall–Kier alpha value is -1.08. The molecule has 0 aromatic rings. The van der Waals surface area contributed by atoms with Crippen LogP contribution in [0, 0.1) is 11.3 Å². The summed E-state index contributed by atoms with van der Waals surface area (Å²) >= 11 is 0. The monoisotopic (exact) mass is 142 g/mol. The number of nitriles is 1. The Bertz CT molecular complexity index is 150. The molecule has 0 spiro atoms. The Labute approximate surface area is 59.8 Å². The van der Waals surface area contributed by atoms with Crippen LogP contribution in [0.25, 0.3) is 0 Å². The molecule has 0 rings (SSSR count). The highest BCUT2D eigenvalue weighted by atomic mass is 16.5. The minimum Gasteiger partial charge on any atom is -0.468 e. The molecule has 4 nitrogen and oxygen atoms in total. The Morgan fingerprint density at radius 1 is 1.90 bits per heavy atom. The highest BCUT2D eigenvalue weighted by Gasteiger charge is 2.10. The fraction of sp³-hybridized carbons (Fsp3) is 0.667. The Morgan fingerprint density at radius 3 is 2.90 bits per heavy atom. The van der Waals surface area contributed by atoms with Crippen LogP contribution in [0.15, 0.2) is 0 Å². The van der Waals surface area contributed by atoms with Gasteiger partial charge in [-0.2, -0.15) is 5.26 Å². The normalized spacial score (nSPS) is 11.7. The molecule has 0 aliphatic heterocycles. The maximum atomic E-state index is 10.6. The van der Waals surface area contributed by atoms with Crippen LogP contribution >= 0.6 is 0 Å². The smallest absolute Gasteiger partial charge is 0.322 e. The van der Waals surface area contributed by atoms with Gasteiger partial charge >= 0.3 is 5.97 Å². The standard InChI is InChI=1S/C6H10N2O2/c1-5(6(9)10-2)8-4-3-7/h5,8H,4H2,1-2H3/t5-/m0/s1. The molecule has 1 N–H and O–H groups in total. The van der Waals surface area contributed by atoms with Crippen LogP contribution in [0.4, 0.5) is 0 Å². The number of nitrogens with one attached hydrogen (secondary N) is 1. The first-order valence-corrected chi connectivity index (χ1v) is 2.90. The molecule has 0 fully saturated rings. The molecule has 1 atom stereocenters. The lowest BCUT2D eigenvalue weighted by Crippen LogP contribution is -2.34. The summed E-state index contributed by atoms with van der Waals surface area (Å²) in [6, 6.07) is 1.46. The second kappa shape index (κ2) is 4.77. The van der Waals surface area contributed by atoms with Crippen molar-refractivity contribution in [3.05, 3.63) is 0 Å². The molecule has 0 amide bonds. The maximum Gasteiger partial charge on any atom is 0.322 e. The zero-order valence-corrected chi connectivity index (χ0v) is 6.05. The number of hydrogen-bond acceptors (Lipinski definition) is 4. The molecule has 0 heterocycles. The number of nitrogens with zero attached hydrogens (tertiary/aromatic N) is 1. The molecule has 4 heteroatoms. The van der Waals surface area contributed by atoms with Crippen molar-refractivity contribution >= 4 is 5.97 Å². The number of ether oxygens (including phenoxy) is 1. The van der Waals surface area contributed by atoms with Crippen molar-refractivity contribution in [1.82, 2.24) is 5.32 Å². The highest BCUT2D eigenvalue weighted by Crippen LogP contribution is 1.83. The van der Waals surface area contributed by atoms with E-state index in [-0.39, 0.29) is 12.5 Å². The van der Waals surface area contributed by atoms with Gasteiger partial charge in [-0.3, -0.25) is 10.1 Å². The van der Waals surface area contributed by atoms with Crippen molar-refractivity contribution in [2.24, 2.45) is 0 Å². The summed E-state index contributed by atoms with van der Waals surface area (Å²) < 4.78 is 4.40. The van der Waals surface area contributed by atoms with Crippen molar-refractivity contribution in [1.29, 1.82) is 5.26 Å². The lowest BCUT2D eigenvalue weighted by Gasteiger charge is -2.06. The van der Waals surface area contributed by atoms with Gasteiger partial charge in [0.2, 0.25) is 0 Å². The second-order valence-electron chi connectivity index (χ2n) is 1.78. The van der Waals surface area contributed by atoms with Crippen molar-refractivity contribution in [3.63, 3.8) is 0 Å². The fourth-order valence-corrected chi connectivity index (χ4v) is 0.459. The Kier molecular flexibility index (Phi) is 4.25. The van der Waals surface area contributed by atoms with Gasteiger partial charge in [0.25, 0.3) is 0 Å². The van der Waals surface area contributed by atoms with E-state index >= 15 is 0 Å². The van der Waals surface area contributed by atoms with E-state index in [2.05, 4.69) is 10.1 Å². The predicted molar refractivity (Wildman–Crippen MR) is 35.1 cm³/mol. The van der Waals surface area contributed by atoms with Crippen LogP contribution < -0.4 is 5.32 Å². The van der Waals surface area contributed by atoms with Crippen molar-refractivity contribution in [2.45, 2.75) is 13.0 Å². The number of methoxy groups -OCH3 is 1. The first-order valence-electron chi connectivity index (χ1n) is 2.90. The van der Waals surface area contributed by atoms with Gasteiger partial charge in [0, 0.05) is 0 Å². The van der Waals surface area contributed by atoms with Gasteiger partial charge in [-0.1, -0.05) is 0 Å². The van der Waals surface area contributed by atoms with Gasteiger partial charge < -0.3 is 4.74 Å². The van der Waals surface area contributed by atoms with E-state index in [4.69, 9.17) is 5.26 Å². The quantitative estimate of drug-likeness (QED) is 0.432. The number of rotatable bonds is 3. The lowest BCUT2D eigenvalue weighted by molar-refractivity contribution is -0.142. The first kappa shape index (κ1) is 8.92. The topological polar surface area (TPSA) is 62.1 Å². The van der Waals surface area contributed by atoms with E-state index in [0.717, 1.165) is 0 Å². The second-order valence-corrected chi connectivity index (χ2v) is 1.78. The van der Waals surface area contributed by atoms with E-state index in [1.807, 2.05) is 6.07 Å². The van der Waals surface area contributed by atoms with Crippen molar-refractivity contribution in [3.8, 4) is 6.07 Å². The molecule has 0 saturated heterocycles. The van der Waals surface area contributed by atoms with E-state index in [0.29, 0.717) is 0 Å². The van der Waals surface area contributed by atoms with Gasteiger partial charge in [0.05, 0.1) is 19.7 Å². The lowest BCUT2D eigenvalue weighted by atomic mass is 10.3. The van der Waals surface area contributed by atoms with Crippen LogP contribution in [0.2, 0.25) is 0 Å². The molecule has 0 aromatic carbocycles. The highest BCUT2D eigenvalue weighted by molar-refractivity contribution is 5.75. The summed E-state index contributed by atoms with van der Waals surface area (Å²) in [5, 5.41) is 10.8. The molecule has 0 radical (unpaired) electrons. The number of esters is 1. The third-order valence-electron chi connectivity index (χ3n) is 1.04. The first-order chi connectivity index (χ1) is 4.72. The largest absolute Gasteiger partial charge is 0.468 e. The predicted octanol–water partition coefficient (Wildman–Crippen LogP) is -0.339. The zero-order valence-electron chi connectivity index (χ0n) is 6.05. The molecule has 0 aliphatic carbocycles. The minimum atomic E-state index is -0.398. The average molecular weight is 142 g/mol. The molecule has 0 bridgehead atoms. The number of hydrogen-bond donors (Lipinski definition) is 1. The Morgan fingerprint density at radius 2 is 2.50 bits per heavy atom. The minimum absolute atomic E-state index is 0.163. The molecular formula is C6H10N2O2. The van der Waals surface area contributed by atoms with E-state index in [1.54, 1.807) is 6.92 Å². The third kappa shape index (κ3) is 3.05. The molecule has 0 unspecified atom stereocenters. The summed E-state index contributed by atoms with van der Waals surface area (Å²) in [6.07, 6.45) is 0. The van der Waals surface area contributed by atoms with Gasteiger partial charge in [-0.05, 0) is 6.92 Å². The maximum absolute atomic E-state index is 10.6. The Balaban J connectivity index is 3.53. The summed E-state index contributed by atoms with van der Waals surface area (Å²) in [4.78, 5) is 10.6. The van der Waals surface area contributed by atoms with Crippen molar-refractivity contribution < 1.29 is 9.53 Å². The van der Waals surface area contributed by atoms with Crippen LogP contribution in [0.5, 0.6) is 0 Å². The van der Waals surface area contributed by atoms with E-state index in [1.165, 1.54) is 7.11 Å². The summed E-state index contributed by atoms with van der Waals surface area (Å²) in [6.45, 7) is 1.81. The summed E-state index contributed by atoms with van der Waals surface area (Å²) in [5.41, 5.74) is 0. The molecule has 0 aliphatic rings. The van der Waals surface area contributed by atoms with Crippen LogP contribution in [0.1, 0.15) is 6.92 Å². The van der Waals surface area contributed by atoms with E-state index < -0.39 is 6.04 Å². The molecule has 10 heavy (non-hydrogen) atoms. The van der Waals surface area contributed by atoms with Gasteiger partial charge in [0.1, 0.15) is 6.04 Å². The van der Waals surface area contributed by atoms with E-state index in [9.17, 15) is 4.79 Å². The fourth-order valence-electron chi connectivity index (χ4n) is 0.459. The van der Waals surface area contributed by atoms with Crippen LogP contribution in [-0.4, -0.2) is 25.7 Å². The SMILES string of the molecule is COC(=O)[C@H](C)NCC#N. The van der Waals surface area contributed by atoms with Crippen LogP contribution in [0.3, 0.4) is 0 Å². The van der Waals surface area contributed by atoms with Crippen LogP contribution in [-0.2, 0) is 9.53 Å². The molecule has 0 saturated carbocycles. The molecular weight excluding hydrogens is 132 g/mol. The number of carbonyl (C=O) groups excluding carboxylic acids is 1. The van der Waals surface area contributed by atoms with Gasteiger partial charge in [-0.15, -0.1) is 0 Å². The molecule has 56 valence electrons. The van der Waals surface area contributed by atoms with Gasteiger partial charge in [-0.25, -0.2) is 0 Å². The third-order valence-corrected chi connectivity index (χ3v) is 1.04. The summed E-state index contributed by atoms with van der Waals surface area (Å²) in [7, 11) is 1.31. The zero-order chi connectivity index (χ0) is 7.98. The summed E-state index contributed by atoms with van der Waals surface area (Å²) in [5.74, 6) is -0.352. The average Bonchev–Trinajstić information content (AvgIpc) is 1.98. The van der Waals surface area contributed by atoms with Gasteiger partial charge in [0.15, 0.2) is 0 Å². The molecule has 0 aromatic heterocycles. The van der Waals surface area contributed by atoms with Crippen molar-refractivity contribution in [2.75, 3.05) is 13.7 Å².